The summed E-state index contributed by atoms with van der Waals surface area (Å²) < 4.78 is 28.6. The summed E-state index contributed by atoms with van der Waals surface area (Å²) in [7, 11) is -3.96. The highest BCUT2D eigenvalue weighted by molar-refractivity contribution is 7.92. The minimum absolute atomic E-state index is 0.157. The van der Waals surface area contributed by atoms with Gasteiger partial charge >= 0.3 is 0 Å². The normalized spacial score (nSPS) is 16.7. The molecular formula is C32H41N3O3S. The van der Waals surface area contributed by atoms with Gasteiger partial charge in [-0.15, -0.1) is 0 Å². The molecule has 2 atom stereocenters. The van der Waals surface area contributed by atoms with Crippen LogP contribution in [0.1, 0.15) is 69.2 Å². The number of rotatable bonds is 9. The maximum atomic E-state index is 13.7. The van der Waals surface area contributed by atoms with Gasteiger partial charge in [-0.3, -0.25) is 9.10 Å². The van der Waals surface area contributed by atoms with E-state index < -0.39 is 10.0 Å². The fourth-order valence-corrected chi connectivity index (χ4v) is 6.50. The van der Waals surface area contributed by atoms with Gasteiger partial charge in [0.05, 0.1) is 16.6 Å². The molecule has 1 amide bonds. The van der Waals surface area contributed by atoms with Crippen LogP contribution in [0.5, 0.6) is 0 Å². The topological polar surface area (TPSA) is 69.7 Å². The van der Waals surface area contributed by atoms with Gasteiger partial charge in [-0.05, 0) is 86.1 Å². The largest absolute Gasteiger partial charge is 0.371 e. The highest BCUT2D eigenvalue weighted by Crippen LogP contribution is 2.27. The second-order valence-electron chi connectivity index (χ2n) is 11.1. The van der Waals surface area contributed by atoms with Crippen molar-refractivity contribution >= 4 is 27.3 Å². The Kier molecular flexibility index (Phi) is 9.01. The number of nitrogens with one attached hydrogen (secondary N) is 1. The molecule has 208 valence electrons. The van der Waals surface area contributed by atoms with Crippen molar-refractivity contribution in [2.75, 3.05) is 28.8 Å². The molecule has 7 heteroatoms. The van der Waals surface area contributed by atoms with Crippen molar-refractivity contribution < 1.29 is 13.2 Å². The molecule has 6 nitrogen and oxygen atoms in total. The lowest BCUT2D eigenvalue weighted by Gasteiger charge is -2.33. The number of amides is 1. The van der Waals surface area contributed by atoms with Crippen LogP contribution < -0.4 is 14.5 Å². The number of sulfonamides is 1. The van der Waals surface area contributed by atoms with Gasteiger partial charge in [-0.25, -0.2) is 8.42 Å². The Hall–Kier alpha value is -3.32. The highest BCUT2D eigenvalue weighted by atomic mass is 32.2. The molecule has 1 heterocycles. The number of carbonyl (C=O) groups excluding carboxylic acids is 1. The van der Waals surface area contributed by atoms with E-state index in [0.717, 1.165) is 29.8 Å². The first-order valence-corrected chi connectivity index (χ1v) is 15.3. The molecule has 39 heavy (non-hydrogen) atoms. The van der Waals surface area contributed by atoms with Crippen LogP contribution in [0.3, 0.4) is 0 Å². The highest BCUT2D eigenvalue weighted by Gasteiger charge is 2.28. The molecule has 1 aliphatic rings. The molecule has 1 aliphatic heterocycles. The predicted octanol–water partition coefficient (Wildman–Crippen LogP) is 6.43. The van der Waals surface area contributed by atoms with E-state index in [1.54, 1.807) is 36.4 Å². The van der Waals surface area contributed by atoms with Crippen LogP contribution in [0.15, 0.2) is 77.7 Å². The van der Waals surface area contributed by atoms with Crippen LogP contribution in [0, 0.1) is 12.8 Å². The quantitative estimate of drug-likeness (QED) is 0.335. The summed E-state index contributed by atoms with van der Waals surface area (Å²) in [5.41, 5.74) is 4.71. The van der Waals surface area contributed by atoms with E-state index in [-0.39, 0.29) is 23.4 Å². The predicted molar refractivity (Wildman–Crippen MR) is 160 cm³/mol. The van der Waals surface area contributed by atoms with Crippen LogP contribution >= 0.6 is 0 Å². The number of aryl methyl sites for hydroxylation is 1. The number of hydrogen-bond donors (Lipinski definition) is 1. The van der Waals surface area contributed by atoms with Crippen LogP contribution in [0.4, 0.5) is 11.4 Å². The summed E-state index contributed by atoms with van der Waals surface area (Å²) in [5, 5.41) is 3.01. The second-order valence-corrected chi connectivity index (χ2v) is 13.0. The molecule has 4 rings (SSSR count). The third kappa shape index (κ3) is 7.01. The Morgan fingerprint density at radius 3 is 2.15 bits per heavy atom. The summed E-state index contributed by atoms with van der Waals surface area (Å²) >= 11 is 0. The Balaban J connectivity index is 1.51. The van der Waals surface area contributed by atoms with Gasteiger partial charge in [-0.2, -0.15) is 0 Å². The van der Waals surface area contributed by atoms with Crippen molar-refractivity contribution in [2.24, 2.45) is 5.92 Å². The summed E-state index contributed by atoms with van der Waals surface area (Å²) in [6, 6.07) is 22.2. The Bertz CT molecular complexity index is 1350. The molecule has 0 spiro atoms. The van der Waals surface area contributed by atoms with Crippen molar-refractivity contribution in [2.45, 2.75) is 64.3 Å². The van der Waals surface area contributed by atoms with Gasteiger partial charge < -0.3 is 10.2 Å². The molecule has 0 aliphatic carbocycles. The number of carbonyl (C=O) groups is 1. The van der Waals surface area contributed by atoms with Gasteiger partial charge in [-0.1, -0.05) is 62.7 Å². The monoisotopic (exact) mass is 547 g/mol. The molecule has 3 aromatic carbocycles. The molecule has 1 fully saturated rings. The van der Waals surface area contributed by atoms with Gasteiger partial charge in [0.2, 0.25) is 5.91 Å². The number of anilines is 2. The molecular weight excluding hydrogens is 506 g/mol. The second kappa shape index (κ2) is 12.2. The van der Waals surface area contributed by atoms with E-state index in [1.807, 2.05) is 38.1 Å². The van der Waals surface area contributed by atoms with Crippen molar-refractivity contribution in [3.63, 3.8) is 0 Å². The lowest BCUT2D eigenvalue weighted by molar-refractivity contribution is -0.120. The summed E-state index contributed by atoms with van der Waals surface area (Å²) in [5.74, 6) is 0.646. The van der Waals surface area contributed by atoms with Crippen molar-refractivity contribution in [1.29, 1.82) is 0 Å². The van der Waals surface area contributed by atoms with Crippen molar-refractivity contribution in [3.8, 4) is 0 Å². The lowest BCUT2D eigenvalue weighted by Crippen LogP contribution is -2.41. The zero-order chi connectivity index (χ0) is 28.2. The smallest absolute Gasteiger partial charge is 0.264 e. The molecule has 2 unspecified atom stereocenters. The number of hydrogen-bond acceptors (Lipinski definition) is 4. The van der Waals surface area contributed by atoms with E-state index in [0.29, 0.717) is 17.5 Å². The first kappa shape index (κ1) is 28.7. The fraction of sp³-hybridized carbons (Fsp3) is 0.406. The zero-order valence-corrected chi connectivity index (χ0v) is 24.5. The van der Waals surface area contributed by atoms with E-state index >= 15 is 0 Å². The van der Waals surface area contributed by atoms with E-state index in [4.69, 9.17) is 0 Å². The van der Waals surface area contributed by atoms with Crippen LogP contribution in [-0.4, -0.2) is 34.0 Å². The molecule has 1 N–H and O–H groups in total. The first-order chi connectivity index (χ1) is 18.5. The molecule has 0 radical (unpaired) electrons. The first-order valence-electron chi connectivity index (χ1n) is 13.9. The van der Waals surface area contributed by atoms with Gasteiger partial charge in [0, 0.05) is 18.8 Å². The van der Waals surface area contributed by atoms with Crippen molar-refractivity contribution in [1.82, 2.24) is 5.32 Å². The Morgan fingerprint density at radius 2 is 1.56 bits per heavy atom. The maximum absolute atomic E-state index is 13.7. The average Bonchev–Trinajstić information content (AvgIpc) is 2.92. The Labute approximate surface area is 234 Å². The molecule has 1 saturated heterocycles. The summed E-state index contributed by atoms with van der Waals surface area (Å²) in [6.45, 7) is 12.1. The van der Waals surface area contributed by atoms with Gasteiger partial charge in [0.25, 0.3) is 10.0 Å². The summed E-state index contributed by atoms with van der Waals surface area (Å²) in [6.07, 6.45) is 2.48. The molecule has 0 saturated carbocycles. The minimum atomic E-state index is -3.96. The third-order valence-corrected chi connectivity index (χ3v) is 9.32. The average molecular weight is 548 g/mol. The van der Waals surface area contributed by atoms with Crippen LogP contribution in [0.25, 0.3) is 0 Å². The number of benzene rings is 3. The Morgan fingerprint density at radius 1 is 0.949 bits per heavy atom. The van der Waals surface area contributed by atoms with E-state index in [1.165, 1.54) is 22.8 Å². The maximum Gasteiger partial charge on any atom is 0.264 e. The minimum Gasteiger partial charge on any atom is -0.371 e. The fourth-order valence-electron chi connectivity index (χ4n) is 5.08. The molecule has 0 bridgehead atoms. The molecule has 3 aromatic rings. The lowest BCUT2D eigenvalue weighted by atomic mass is 9.99. The van der Waals surface area contributed by atoms with Crippen LogP contribution in [0.2, 0.25) is 0 Å². The van der Waals surface area contributed by atoms with E-state index in [2.05, 4.69) is 43.1 Å². The third-order valence-electron chi connectivity index (χ3n) is 7.54. The van der Waals surface area contributed by atoms with Crippen molar-refractivity contribution in [3.05, 3.63) is 89.5 Å². The molecule has 0 aromatic heterocycles. The number of piperidine rings is 1. The van der Waals surface area contributed by atoms with Gasteiger partial charge in [0.1, 0.15) is 6.54 Å². The summed E-state index contributed by atoms with van der Waals surface area (Å²) in [4.78, 5) is 15.8. The SMILES string of the molecule is Cc1ccc(S(=O)(=O)N(CC(=O)NC(C)c2ccc(N3CCCC(C)C3)cc2)c2ccc(C(C)C)cc2)cc1. The van der Waals surface area contributed by atoms with E-state index in [9.17, 15) is 13.2 Å². The number of nitrogens with zero attached hydrogens (tertiary/aromatic N) is 2. The zero-order valence-electron chi connectivity index (χ0n) is 23.7. The standard InChI is InChI=1S/C32H41N3O3S/c1-23(2)27-10-16-30(17-11-27)35(39(37,38)31-18-8-24(3)9-19-31)22-32(36)33-26(5)28-12-14-29(15-13-28)34-20-6-7-25(4)21-34/h8-19,23,25-26H,6-7,20-22H2,1-5H3,(H,33,36). The van der Waals surface area contributed by atoms with Gasteiger partial charge in [0.15, 0.2) is 0 Å². The van der Waals surface area contributed by atoms with Crippen LogP contribution in [-0.2, 0) is 14.8 Å².